The second-order valence-corrected chi connectivity index (χ2v) is 5.23. The molecule has 1 aromatic heterocycles. The molecule has 0 aliphatic rings. The molecule has 6 nitrogen and oxygen atoms in total. The molecule has 24 heavy (non-hydrogen) atoms. The van der Waals surface area contributed by atoms with Crippen LogP contribution in [0.2, 0.25) is 0 Å². The highest BCUT2D eigenvalue weighted by molar-refractivity contribution is 6.04. The van der Waals surface area contributed by atoms with Crippen molar-refractivity contribution in [1.82, 2.24) is 9.97 Å². The van der Waals surface area contributed by atoms with E-state index < -0.39 is 0 Å². The lowest BCUT2D eigenvalue weighted by Crippen LogP contribution is -2.12. The van der Waals surface area contributed by atoms with Gasteiger partial charge in [0.1, 0.15) is 5.82 Å². The Morgan fingerprint density at radius 2 is 1.54 bits per heavy atom. The minimum Gasteiger partial charge on any atom is -0.345 e. The number of H-pyrrole nitrogens is 1. The Balaban J connectivity index is 1.67. The second kappa shape index (κ2) is 6.78. The molecule has 1 heterocycles. The van der Waals surface area contributed by atoms with Gasteiger partial charge in [-0.05, 0) is 36.4 Å². The Labute approximate surface area is 138 Å². The van der Waals surface area contributed by atoms with Gasteiger partial charge in [0.2, 0.25) is 5.91 Å². The SMILES string of the molecule is CC(=O)Nc1ccc(NC(=O)c2ccc(-c3ncc[nH]3)cc2)cc1. The number of imidazole rings is 1. The van der Waals surface area contributed by atoms with Crippen molar-refractivity contribution in [2.24, 2.45) is 0 Å². The molecule has 2 aromatic carbocycles. The molecule has 0 spiro atoms. The van der Waals surface area contributed by atoms with Gasteiger partial charge in [0.05, 0.1) is 0 Å². The Morgan fingerprint density at radius 3 is 2.08 bits per heavy atom. The van der Waals surface area contributed by atoms with Gasteiger partial charge < -0.3 is 15.6 Å². The summed E-state index contributed by atoms with van der Waals surface area (Å²) in [6.07, 6.45) is 3.43. The average Bonchev–Trinajstić information content (AvgIpc) is 3.11. The first kappa shape index (κ1) is 15.5. The number of anilines is 2. The number of nitrogens with zero attached hydrogens (tertiary/aromatic N) is 1. The van der Waals surface area contributed by atoms with Crippen molar-refractivity contribution in [2.75, 3.05) is 10.6 Å². The molecule has 0 aliphatic carbocycles. The highest BCUT2D eigenvalue weighted by atomic mass is 16.2. The second-order valence-electron chi connectivity index (χ2n) is 5.23. The third-order valence-electron chi connectivity index (χ3n) is 3.38. The van der Waals surface area contributed by atoms with Crippen LogP contribution >= 0.6 is 0 Å². The quantitative estimate of drug-likeness (QED) is 0.689. The molecule has 0 bridgehead atoms. The van der Waals surface area contributed by atoms with E-state index in [0.29, 0.717) is 16.9 Å². The van der Waals surface area contributed by atoms with E-state index in [9.17, 15) is 9.59 Å². The van der Waals surface area contributed by atoms with Crippen molar-refractivity contribution >= 4 is 23.2 Å². The smallest absolute Gasteiger partial charge is 0.255 e. The highest BCUT2D eigenvalue weighted by Gasteiger charge is 2.07. The summed E-state index contributed by atoms with van der Waals surface area (Å²) in [5.41, 5.74) is 2.81. The van der Waals surface area contributed by atoms with Crippen molar-refractivity contribution in [3.63, 3.8) is 0 Å². The molecular formula is C18H16N4O2. The predicted molar refractivity (Wildman–Crippen MR) is 92.7 cm³/mol. The number of benzene rings is 2. The summed E-state index contributed by atoms with van der Waals surface area (Å²) in [7, 11) is 0. The fraction of sp³-hybridized carbons (Fsp3) is 0.0556. The molecule has 3 aromatic rings. The molecule has 3 N–H and O–H groups in total. The lowest BCUT2D eigenvalue weighted by Gasteiger charge is -2.07. The fourth-order valence-corrected chi connectivity index (χ4v) is 2.25. The largest absolute Gasteiger partial charge is 0.345 e. The van der Waals surface area contributed by atoms with Gasteiger partial charge >= 0.3 is 0 Å². The van der Waals surface area contributed by atoms with Crippen LogP contribution in [0.3, 0.4) is 0 Å². The van der Waals surface area contributed by atoms with Crippen molar-refractivity contribution in [3.8, 4) is 11.4 Å². The Bertz CT molecular complexity index is 838. The highest BCUT2D eigenvalue weighted by Crippen LogP contribution is 2.17. The van der Waals surface area contributed by atoms with E-state index in [1.165, 1.54) is 6.92 Å². The van der Waals surface area contributed by atoms with E-state index in [1.54, 1.807) is 48.8 Å². The fourth-order valence-electron chi connectivity index (χ4n) is 2.25. The minimum absolute atomic E-state index is 0.136. The third-order valence-corrected chi connectivity index (χ3v) is 3.38. The number of aromatic amines is 1. The summed E-state index contributed by atoms with van der Waals surface area (Å²) in [6.45, 7) is 1.45. The molecule has 0 atom stereocenters. The standard InChI is InChI=1S/C18H16N4O2/c1-12(23)21-15-6-8-16(9-7-15)22-18(24)14-4-2-13(3-5-14)17-19-10-11-20-17/h2-11H,1H3,(H,19,20)(H,21,23)(H,22,24). The summed E-state index contributed by atoms with van der Waals surface area (Å²) < 4.78 is 0. The zero-order valence-corrected chi connectivity index (χ0v) is 13.0. The summed E-state index contributed by atoms with van der Waals surface area (Å²) in [4.78, 5) is 30.4. The van der Waals surface area contributed by atoms with Gasteiger partial charge in [-0.15, -0.1) is 0 Å². The molecular weight excluding hydrogens is 304 g/mol. The van der Waals surface area contributed by atoms with Gasteiger partial charge in [0.15, 0.2) is 0 Å². The molecule has 120 valence electrons. The minimum atomic E-state index is -0.201. The zero-order chi connectivity index (χ0) is 16.9. The number of aromatic nitrogens is 2. The number of hydrogen-bond donors (Lipinski definition) is 3. The summed E-state index contributed by atoms with van der Waals surface area (Å²) in [5, 5.41) is 5.49. The summed E-state index contributed by atoms with van der Waals surface area (Å²) >= 11 is 0. The molecule has 0 unspecified atom stereocenters. The van der Waals surface area contributed by atoms with Crippen LogP contribution in [0.25, 0.3) is 11.4 Å². The van der Waals surface area contributed by atoms with Crippen molar-refractivity contribution in [3.05, 3.63) is 66.5 Å². The summed E-state index contributed by atoms with van der Waals surface area (Å²) in [5.74, 6) is 0.423. The number of amides is 2. The Kier molecular flexibility index (Phi) is 4.38. The van der Waals surface area contributed by atoms with Gasteiger partial charge in [-0.3, -0.25) is 9.59 Å². The van der Waals surface area contributed by atoms with E-state index >= 15 is 0 Å². The van der Waals surface area contributed by atoms with Gasteiger partial charge in [-0.25, -0.2) is 4.98 Å². The first-order chi connectivity index (χ1) is 11.6. The van der Waals surface area contributed by atoms with Gasteiger partial charge in [0.25, 0.3) is 5.91 Å². The number of hydrogen-bond acceptors (Lipinski definition) is 3. The predicted octanol–water partition coefficient (Wildman–Crippen LogP) is 3.29. The van der Waals surface area contributed by atoms with E-state index in [0.717, 1.165) is 11.4 Å². The van der Waals surface area contributed by atoms with Crippen molar-refractivity contribution in [2.45, 2.75) is 6.92 Å². The topological polar surface area (TPSA) is 86.9 Å². The number of rotatable bonds is 4. The third kappa shape index (κ3) is 3.67. The number of carbonyl (C=O) groups is 2. The number of nitrogens with one attached hydrogen (secondary N) is 3. The van der Waals surface area contributed by atoms with Crippen LogP contribution in [0.4, 0.5) is 11.4 Å². The van der Waals surface area contributed by atoms with Crippen LogP contribution in [-0.4, -0.2) is 21.8 Å². The maximum absolute atomic E-state index is 12.3. The van der Waals surface area contributed by atoms with E-state index in [1.807, 2.05) is 12.1 Å². The first-order valence-electron chi connectivity index (χ1n) is 7.40. The molecule has 0 saturated heterocycles. The van der Waals surface area contributed by atoms with Crippen LogP contribution in [0.5, 0.6) is 0 Å². The van der Waals surface area contributed by atoms with Gasteiger partial charge in [0, 0.05) is 41.8 Å². The lowest BCUT2D eigenvalue weighted by molar-refractivity contribution is -0.114. The first-order valence-corrected chi connectivity index (χ1v) is 7.40. The molecule has 0 saturated carbocycles. The molecule has 0 aliphatic heterocycles. The lowest BCUT2D eigenvalue weighted by atomic mass is 10.1. The summed E-state index contributed by atoms with van der Waals surface area (Å²) in [6, 6.07) is 14.1. The molecule has 0 radical (unpaired) electrons. The van der Waals surface area contributed by atoms with Crippen LogP contribution in [0.1, 0.15) is 17.3 Å². The van der Waals surface area contributed by atoms with E-state index in [4.69, 9.17) is 0 Å². The van der Waals surface area contributed by atoms with Crippen molar-refractivity contribution < 1.29 is 9.59 Å². The van der Waals surface area contributed by atoms with E-state index in [-0.39, 0.29) is 11.8 Å². The monoisotopic (exact) mass is 320 g/mol. The maximum atomic E-state index is 12.3. The van der Waals surface area contributed by atoms with Crippen LogP contribution in [0, 0.1) is 0 Å². The van der Waals surface area contributed by atoms with Gasteiger partial charge in [-0.1, -0.05) is 12.1 Å². The zero-order valence-electron chi connectivity index (χ0n) is 13.0. The Hall–Kier alpha value is -3.41. The van der Waals surface area contributed by atoms with Crippen LogP contribution < -0.4 is 10.6 Å². The Morgan fingerprint density at radius 1 is 0.917 bits per heavy atom. The van der Waals surface area contributed by atoms with Crippen LogP contribution in [0.15, 0.2) is 60.9 Å². The van der Waals surface area contributed by atoms with E-state index in [2.05, 4.69) is 20.6 Å². The normalized spacial score (nSPS) is 10.2. The average molecular weight is 320 g/mol. The molecule has 0 fully saturated rings. The molecule has 3 rings (SSSR count). The van der Waals surface area contributed by atoms with Gasteiger partial charge in [-0.2, -0.15) is 0 Å². The van der Waals surface area contributed by atoms with Crippen molar-refractivity contribution in [1.29, 1.82) is 0 Å². The maximum Gasteiger partial charge on any atom is 0.255 e. The molecule has 2 amide bonds. The van der Waals surface area contributed by atoms with Crippen LogP contribution in [-0.2, 0) is 4.79 Å². The molecule has 6 heteroatoms. The number of carbonyl (C=O) groups excluding carboxylic acids is 2.